The average molecular weight is 253 g/mol. The highest BCUT2D eigenvalue weighted by Gasteiger charge is 2.17. The molecule has 0 aliphatic rings. The number of terminal acetylenes is 1. The first-order valence-electron chi connectivity index (χ1n) is 4.60. The number of nitrogens with zero attached hydrogens (tertiary/aromatic N) is 2. The molecule has 88 valence electrons. The van der Waals surface area contributed by atoms with Crippen LogP contribution in [0.5, 0.6) is 0 Å². The van der Waals surface area contributed by atoms with Crippen LogP contribution in [0.2, 0.25) is 5.15 Å². The molecule has 0 aromatic carbocycles. The maximum Gasteiger partial charge on any atom is 0.323 e. The molecule has 0 aliphatic heterocycles. The summed E-state index contributed by atoms with van der Waals surface area (Å²) in [5.74, 6) is 0.610. The summed E-state index contributed by atoms with van der Waals surface area (Å²) >= 11 is 5.58. The molecule has 1 amide bonds. The summed E-state index contributed by atoms with van der Waals surface area (Å²) in [4.78, 5) is 27.2. The predicted octanol–water partition coefficient (Wildman–Crippen LogP) is 0.895. The fourth-order valence-corrected chi connectivity index (χ4v) is 1.27. The van der Waals surface area contributed by atoms with E-state index in [0.717, 1.165) is 4.90 Å². The van der Waals surface area contributed by atoms with Crippen LogP contribution in [-0.2, 0) is 4.79 Å². The zero-order valence-corrected chi connectivity index (χ0v) is 9.52. The fourth-order valence-electron chi connectivity index (χ4n) is 1.16. The topological polar surface area (TPSA) is 70.5 Å². The fraction of sp³-hybridized carbons (Fsp3) is 0.182. The van der Waals surface area contributed by atoms with E-state index >= 15 is 0 Å². The van der Waals surface area contributed by atoms with E-state index in [-0.39, 0.29) is 17.3 Å². The van der Waals surface area contributed by atoms with Gasteiger partial charge in [-0.15, -0.1) is 6.42 Å². The lowest BCUT2D eigenvalue weighted by Crippen LogP contribution is -2.36. The second kappa shape index (κ2) is 5.87. The van der Waals surface area contributed by atoms with Gasteiger partial charge in [0.15, 0.2) is 0 Å². The Morgan fingerprint density at radius 3 is 2.71 bits per heavy atom. The lowest BCUT2D eigenvalue weighted by molar-refractivity contribution is -0.137. The van der Waals surface area contributed by atoms with Crippen molar-refractivity contribution in [1.82, 2.24) is 9.88 Å². The van der Waals surface area contributed by atoms with Gasteiger partial charge in [0.2, 0.25) is 0 Å². The van der Waals surface area contributed by atoms with E-state index in [0.29, 0.717) is 0 Å². The number of halogens is 1. The normalized spacial score (nSPS) is 9.41. The summed E-state index contributed by atoms with van der Waals surface area (Å²) in [5.41, 5.74) is 0.242. The van der Waals surface area contributed by atoms with Crippen LogP contribution in [0.3, 0.4) is 0 Å². The number of carbonyl (C=O) groups excluding carboxylic acids is 1. The van der Waals surface area contributed by atoms with Gasteiger partial charge >= 0.3 is 5.97 Å². The summed E-state index contributed by atoms with van der Waals surface area (Å²) in [6.07, 6.45) is 6.35. The first-order valence-corrected chi connectivity index (χ1v) is 4.98. The second-order valence-electron chi connectivity index (χ2n) is 3.13. The van der Waals surface area contributed by atoms with Gasteiger partial charge in [0.05, 0.1) is 12.1 Å². The van der Waals surface area contributed by atoms with Crippen molar-refractivity contribution in [3.05, 3.63) is 29.0 Å². The van der Waals surface area contributed by atoms with E-state index in [1.807, 2.05) is 0 Å². The standard InChI is InChI=1S/C11H9ClN2O3/c1-2-5-14(7-10(15)16)11(17)8-3-4-9(12)13-6-8/h1,3-4,6H,5,7H2,(H,15,16). The van der Waals surface area contributed by atoms with Crippen LogP contribution in [0.1, 0.15) is 10.4 Å². The Balaban J connectivity index is 2.88. The SMILES string of the molecule is C#CCN(CC(=O)O)C(=O)c1ccc(Cl)nc1. The van der Waals surface area contributed by atoms with Crippen molar-refractivity contribution in [2.45, 2.75) is 0 Å². The molecule has 1 rings (SSSR count). The average Bonchev–Trinajstić information content (AvgIpc) is 2.28. The summed E-state index contributed by atoms with van der Waals surface area (Å²) in [6, 6.07) is 2.91. The minimum absolute atomic E-state index is 0.0756. The van der Waals surface area contributed by atoms with Crippen LogP contribution < -0.4 is 0 Å². The smallest absolute Gasteiger partial charge is 0.323 e. The number of aliphatic carboxylic acids is 1. The van der Waals surface area contributed by atoms with Crippen molar-refractivity contribution in [3.8, 4) is 12.3 Å². The zero-order chi connectivity index (χ0) is 12.8. The Morgan fingerprint density at radius 2 is 2.24 bits per heavy atom. The Hall–Kier alpha value is -2.06. The van der Waals surface area contributed by atoms with Gasteiger partial charge in [-0.3, -0.25) is 9.59 Å². The largest absolute Gasteiger partial charge is 0.480 e. The molecule has 0 fully saturated rings. The summed E-state index contributed by atoms with van der Waals surface area (Å²) < 4.78 is 0. The predicted molar refractivity (Wildman–Crippen MR) is 61.6 cm³/mol. The van der Waals surface area contributed by atoms with Crippen molar-refractivity contribution in [3.63, 3.8) is 0 Å². The van der Waals surface area contributed by atoms with Gasteiger partial charge in [-0.1, -0.05) is 17.5 Å². The van der Waals surface area contributed by atoms with E-state index in [2.05, 4.69) is 10.9 Å². The Kier molecular flexibility index (Phi) is 4.49. The highest BCUT2D eigenvalue weighted by atomic mass is 35.5. The lowest BCUT2D eigenvalue weighted by atomic mass is 10.2. The van der Waals surface area contributed by atoms with E-state index in [1.54, 1.807) is 0 Å². The minimum Gasteiger partial charge on any atom is -0.480 e. The Labute approximate surface area is 103 Å². The van der Waals surface area contributed by atoms with E-state index in [4.69, 9.17) is 23.1 Å². The van der Waals surface area contributed by atoms with Gasteiger partial charge in [-0.25, -0.2) is 4.98 Å². The summed E-state index contributed by atoms with van der Waals surface area (Å²) in [7, 11) is 0. The van der Waals surface area contributed by atoms with Gasteiger partial charge in [0, 0.05) is 6.20 Å². The monoisotopic (exact) mass is 252 g/mol. The highest BCUT2D eigenvalue weighted by Crippen LogP contribution is 2.08. The van der Waals surface area contributed by atoms with Gasteiger partial charge in [-0.05, 0) is 12.1 Å². The number of rotatable bonds is 4. The number of hydrogen-bond acceptors (Lipinski definition) is 3. The van der Waals surface area contributed by atoms with Crippen LogP contribution in [0.15, 0.2) is 18.3 Å². The van der Waals surface area contributed by atoms with Gasteiger partial charge in [0.1, 0.15) is 11.7 Å². The number of pyridine rings is 1. The molecule has 1 N–H and O–H groups in total. The third-order valence-electron chi connectivity index (χ3n) is 1.87. The molecule has 0 spiro atoms. The molecular formula is C11H9ClN2O3. The molecule has 5 nitrogen and oxygen atoms in total. The maximum absolute atomic E-state index is 11.9. The van der Waals surface area contributed by atoms with E-state index in [9.17, 15) is 9.59 Å². The number of amides is 1. The Morgan fingerprint density at radius 1 is 1.53 bits per heavy atom. The number of carboxylic acid groups (broad SMARTS) is 1. The Bertz CT molecular complexity index is 465. The number of hydrogen-bond donors (Lipinski definition) is 1. The van der Waals surface area contributed by atoms with Gasteiger partial charge in [0.25, 0.3) is 5.91 Å². The quantitative estimate of drug-likeness (QED) is 0.638. The molecule has 1 heterocycles. The first kappa shape index (κ1) is 13.0. The van der Waals surface area contributed by atoms with Crippen LogP contribution >= 0.6 is 11.6 Å². The second-order valence-corrected chi connectivity index (χ2v) is 3.52. The van der Waals surface area contributed by atoms with Crippen LogP contribution in [-0.4, -0.2) is 40.0 Å². The third kappa shape index (κ3) is 3.78. The van der Waals surface area contributed by atoms with E-state index < -0.39 is 18.4 Å². The van der Waals surface area contributed by atoms with Crippen LogP contribution in [0.4, 0.5) is 0 Å². The number of carbonyl (C=O) groups is 2. The molecule has 0 bridgehead atoms. The van der Waals surface area contributed by atoms with Crippen LogP contribution in [0.25, 0.3) is 0 Å². The van der Waals surface area contributed by atoms with Gasteiger partial charge < -0.3 is 10.0 Å². The first-order chi connectivity index (χ1) is 8.04. The van der Waals surface area contributed by atoms with Crippen LogP contribution in [0, 0.1) is 12.3 Å². The molecule has 0 atom stereocenters. The molecule has 0 radical (unpaired) electrons. The van der Waals surface area contributed by atoms with Crippen molar-refractivity contribution < 1.29 is 14.7 Å². The van der Waals surface area contributed by atoms with Crippen molar-refractivity contribution in [1.29, 1.82) is 0 Å². The summed E-state index contributed by atoms with van der Waals surface area (Å²) in [6.45, 7) is -0.528. The molecule has 6 heteroatoms. The highest BCUT2D eigenvalue weighted by molar-refractivity contribution is 6.29. The molecular weight excluding hydrogens is 244 g/mol. The summed E-state index contributed by atoms with van der Waals surface area (Å²) in [5, 5.41) is 8.90. The number of carboxylic acids is 1. The molecule has 0 aliphatic carbocycles. The third-order valence-corrected chi connectivity index (χ3v) is 2.09. The van der Waals surface area contributed by atoms with Crippen molar-refractivity contribution >= 4 is 23.5 Å². The van der Waals surface area contributed by atoms with E-state index in [1.165, 1.54) is 18.3 Å². The lowest BCUT2D eigenvalue weighted by Gasteiger charge is -2.17. The van der Waals surface area contributed by atoms with Gasteiger partial charge in [-0.2, -0.15) is 0 Å². The molecule has 0 unspecified atom stereocenters. The molecule has 0 saturated carbocycles. The van der Waals surface area contributed by atoms with Crippen molar-refractivity contribution in [2.75, 3.05) is 13.1 Å². The molecule has 0 saturated heterocycles. The number of aromatic nitrogens is 1. The molecule has 1 aromatic heterocycles. The van der Waals surface area contributed by atoms with Crippen molar-refractivity contribution in [2.24, 2.45) is 0 Å². The molecule has 17 heavy (non-hydrogen) atoms. The zero-order valence-electron chi connectivity index (χ0n) is 8.76. The minimum atomic E-state index is -1.13. The maximum atomic E-state index is 11.9. The molecule has 1 aromatic rings.